The van der Waals surface area contributed by atoms with E-state index in [1.807, 2.05) is 0 Å². The lowest BCUT2D eigenvalue weighted by Crippen LogP contribution is -2.01. The van der Waals surface area contributed by atoms with E-state index < -0.39 is 5.97 Å². The Morgan fingerprint density at radius 2 is 1.77 bits per heavy atom. The number of esters is 1. The van der Waals surface area contributed by atoms with Crippen molar-refractivity contribution >= 4 is 23.9 Å². The molecule has 0 bridgehead atoms. The lowest BCUT2D eigenvalue weighted by atomic mass is 10.2. The van der Waals surface area contributed by atoms with Crippen LogP contribution in [0, 0.1) is 0 Å². The van der Waals surface area contributed by atoms with Crippen LogP contribution >= 0.6 is 11.6 Å². The van der Waals surface area contributed by atoms with Gasteiger partial charge in [-0.1, -0.05) is 11.6 Å². The van der Waals surface area contributed by atoms with Gasteiger partial charge in [0.05, 0.1) is 24.8 Å². The molecular weight excluding hydrogens is 308 g/mol. The van der Waals surface area contributed by atoms with Gasteiger partial charge in [-0.15, -0.1) is 0 Å². The molecule has 0 amide bonds. The van der Waals surface area contributed by atoms with Gasteiger partial charge in [-0.05, 0) is 36.4 Å². The average Bonchev–Trinajstić information content (AvgIpc) is 2.55. The second-order valence-electron chi connectivity index (χ2n) is 4.27. The molecule has 22 heavy (non-hydrogen) atoms. The molecule has 0 aliphatic rings. The summed E-state index contributed by atoms with van der Waals surface area (Å²) >= 11 is 6.11. The van der Waals surface area contributed by atoms with Gasteiger partial charge in [0.1, 0.15) is 12.0 Å². The minimum atomic E-state index is -0.492. The van der Waals surface area contributed by atoms with Gasteiger partial charge in [0.25, 0.3) is 0 Å². The van der Waals surface area contributed by atoms with Crippen molar-refractivity contribution in [2.75, 3.05) is 14.2 Å². The summed E-state index contributed by atoms with van der Waals surface area (Å²) in [7, 11) is 2.78. The summed E-state index contributed by atoms with van der Waals surface area (Å²) in [5.41, 5.74) is 0.756. The summed E-state index contributed by atoms with van der Waals surface area (Å²) in [5.74, 6) is 0.642. The van der Waals surface area contributed by atoms with Gasteiger partial charge in [-0.3, -0.25) is 4.79 Å². The molecule has 0 saturated heterocycles. The molecule has 114 valence electrons. The van der Waals surface area contributed by atoms with E-state index in [1.165, 1.54) is 32.4 Å². The molecular formula is C16H13ClO5. The third-order valence-electron chi connectivity index (χ3n) is 2.90. The quantitative estimate of drug-likeness (QED) is 0.620. The Hall–Kier alpha value is -2.53. The first-order valence-corrected chi connectivity index (χ1v) is 6.65. The van der Waals surface area contributed by atoms with Gasteiger partial charge in [-0.2, -0.15) is 0 Å². The number of halogens is 1. The first kappa shape index (κ1) is 15.9. The number of aldehydes is 1. The Bertz CT molecular complexity index is 712. The van der Waals surface area contributed by atoms with Crippen LogP contribution in [0.1, 0.15) is 20.7 Å². The largest absolute Gasteiger partial charge is 0.493 e. The van der Waals surface area contributed by atoms with Crippen molar-refractivity contribution in [3.05, 3.63) is 52.5 Å². The number of methoxy groups -OCH3 is 2. The minimum absolute atomic E-state index is 0.237. The maximum atomic E-state index is 11.4. The maximum Gasteiger partial charge on any atom is 0.337 e. The summed E-state index contributed by atoms with van der Waals surface area (Å²) in [4.78, 5) is 22.3. The number of ether oxygens (including phenoxy) is 3. The van der Waals surface area contributed by atoms with Crippen LogP contribution in [0.3, 0.4) is 0 Å². The van der Waals surface area contributed by atoms with Gasteiger partial charge in [0, 0.05) is 5.56 Å². The number of carbonyl (C=O) groups excluding carboxylic acids is 2. The molecule has 6 heteroatoms. The first-order valence-electron chi connectivity index (χ1n) is 6.28. The Morgan fingerprint density at radius 3 is 2.36 bits per heavy atom. The normalized spacial score (nSPS) is 9.95. The lowest BCUT2D eigenvalue weighted by Gasteiger charge is -2.12. The third kappa shape index (κ3) is 3.38. The maximum absolute atomic E-state index is 11.4. The minimum Gasteiger partial charge on any atom is -0.493 e. The fraction of sp³-hybridized carbons (Fsp3) is 0.125. The molecule has 0 heterocycles. The topological polar surface area (TPSA) is 61.8 Å². The van der Waals surface area contributed by atoms with E-state index in [2.05, 4.69) is 4.74 Å². The Balaban J connectivity index is 2.34. The summed E-state index contributed by atoms with van der Waals surface area (Å²) in [6.07, 6.45) is 0.703. The molecule has 0 N–H and O–H groups in total. The summed E-state index contributed by atoms with van der Waals surface area (Å²) in [5, 5.41) is 0.237. The molecule has 0 spiro atoms. The highest BCUT2D eigenvalue weighted by molar-refractivity contribution is 6.32. The van der Waals surface area contributed by atoms with E-state index in [9.17, 15) is 9.59 Å². The van der Waals surface area contributed by atoms with Crippen LogP contribution in [0.5, 0.6) is 17.2 Å². The van der Waals surface area contributed by atoms with Crippen LogP contribution in [0.25, 0.3) is 0 Å². The zero-order chi connectivity index (χ0) is 16.1. The number of rotatable bonds is 5. The molecule has 0 aliphatic heterocycles. The van der Waals surface area contributed by atoms with E-state index in [1.54, 1.807) is 18.2 Å². The number of hydrogen-bond donors (Lipinski definition) is 0. The first-order chi connectivity index (χ1) is 10.6. The molecule has 5 nitrogen and oxygen atoms in total. The van der Waals surface area contributed by atoms with Gasteiger partial charge < -0.3 is 14.2 Å². The van der Waals surface area contributed by atoms with Gasteiger partial charge >= 0.3 is 5.97 Å². The average molecular weight is 321 g/mol. The van der Waals surface area contributed by atoms with Crippen molar-refractivity contribution < 1.29 is 23.8 Å². The number of carbonyl (C=O) groups is 2. The van der Waals surface area contributed by atoms with Gasteiger partial charge in [0.15, 0.2) is 11.5 Å². The monoisotopic (exact) mass is 320 g/mol. The Kier molecular flexibility index (Phi) is 5.01. The lowest BCUT2D eigenvalue weighted by molar-refractivity contribution is 0.0600. The summed E-state index contributed by atoms with van der Waals surface area (Å²) in [6.45, 7) is 0. The fourth-order valence-electron chi connectivity index (χ4n) is 1.79. The van der Waals surface area contributed by atoms with E-state index in [4.69, 9.17) is 21.1 Å². The van der Waals surface area contributed by atoms with Gasteiger partial charge in [0.2, 0.25) is 0 Å². The van der Waals surface area contributed by atoms with Crippen molar-refractivity contribution in [3.8, 4) is 17.2 Å². The highest BCUT2D eigenvalue weighted by Gasteiger charge is 2.12. The number of benzene rings is 2. The van der Waals surface area contributed by atoms with Crippen molar-refractivity contribution in [3.63, 3.8) is 0 Å². The molecule has 0 unspecified atom stereocenters. The van der Waals surface area contributed by atoms with Crippen LogP contribution in [0.4, 0.5) is 0 Å². The molecule has 0 atom stereocenters. The van der Waals surface area contributed by atoms with Crippen LogP contribution in [-0.4, -0.2) is 26.5 Å². The standard InChI is InChI=1S/C16H13ClO5/c1-20-14-5-3-10(9-18)7-15(14)22-13-6-4-11(8-12(13)17)16(19)21-2/h3-9H,1-2H3. The fourth-order valence-corrected chi connectivity index (χ4v) is 2.01. The van der Waals surface area contributed by atoms with Crippen molar-refractivity contribution in [2.45, 2.75) is 0 Å². The third-order valence-corrected chi connectivity index (χ3v) is 3.19. The second-order valence-corrected chi connectivity index (χ2v) is 4.67. The molecule has 0 saturated carbocycles. The second kappa shape index (κ2) is 6.95. The highest BCUT2D eigenvalue weighted by Crippen LogP contribution is 2.35. The molecule has 0 aliphatic carbocycles. The van der Waals surface area contributed by atoms with Crippen LogP contribution < -0.4 is 9.47 Å². The molecule has 2 aromatic carbocycles. The van der Waals surface area contributed by atoms with E-state index in [0.717, 1.165) is 0 Å². The summed E-state index contributed by atoms with van der Waals surface area (Å²) < 4.78 is 15.5. The predicted molar refractivity (Wildman–Crippen MR) is 81.2 cm³/mol. The van der Waals surface area contributed by atoms with Crippen LogP contribution in [0.15, 0.2) is 36.4 Å². The molecule has 0 radical (unpaired) electrons. The zero-order valence-electron chi connectivity index (χ0n) is 12.0. The molecule has 0 aromatic heterocycles. The van der Waals surface area contributed by atoms with E-state index in [0.29, 0.717) is 34.7 Å². The number of hydrogen-bond acceptors (Lipinski definition) is 5. The smallest absolute Gasteiger partial charge is 0.337 e. The SMILES string of the molecule is COC(=O)c1ccc(Oc2cc(C=O)ccc2OC)c(Cl)c1. The Labute approximate surface area is 132 Å². The van der Waals surface area contributed by atoms with Crippen molar-refractivity contribution in [1.82, 2.24) is 0 Å². The molecule has 0 fully saturated rings. The van der Waals surface area contributed by atoms with Gasteiger partial charge in [-0.25, -0.2) is 4.79 Å². The van der Waals surface area contributed by atoms with Crippen molar-refractivity contribution in [2.24, 2.45) is 0 Å². The highest BCUT2D eigenvalue weighted by atomic mass is 35.5. The van der Waals surface area contributed by atoms with Crippen molar-refractivity contribution in [1.29, 1.82) is 0 Å². The summed E-state index contributed by atoms with van der Waals surface area (Å²) in [6, 6.07) is 9.29. The van der Waals surface area contributed by atoms with Crippen LogP contribution in [-0.2, 0) is 4.74 Å². The zero-order valence-corrected chi connectivity index (χ0v) is 12.7. The Morgan fingerprint density at radius 1 is 1.05 bits per heavy atom. The van der Waals surface area contributed by atoms with E-state index in [-0.39, 0.29) is 5.02 Å². The van der Waals surface area contributed by atoms with E-state index >= 15 is 0 Å². The predicted octanol–water partition coefficient (Wildman–Crippen LogP) is 3.74. The van der Waals surface area contributed by atoms with Crippen LogP contribution in [0.2, 0.25) is 5.02 Å². The molecule has 2 aromatic rings. The molecule has 2 rings (SSSR count).